The zero-order chi connectivity index (χ0) is 30.7. The number of nitrogens with zero attached hydrogens (tertiary/aromatic N) is 5. The van der Waals surface area contributed by atoms with Crippen LogP contribution in [-0.2, 0) is 36.9 Å². The molecule has 19 nitrogen and oxygen atoms in total. The molecule has 0 saturated carbocycles. The average molecular weight is 696 g/mol. The number of methoxy groups -OCH3 is 1. The molecule has 3 aliphatic rings. The van der Waals surface area contributed by atoms with Gasteiger partial charge in [0.15, 0.2) is 36.9 Å². The number of hydrogen-bond acceptors (Lipinski definition) is 17. The Labute approximate surface area is 258 Å². The molecular formula is C22H28FN7O12P2S. The highest BCUT2D eigenvalue weighted by atomic mass is 32.7. The Bertz CT molecular complexity index is 1740. The number of halogens is 1. The van der Waals surface area contributed by atoms with Gasteiger partial charge in [0.2, 0.25) is 0 Å². The summed E-state index contributed by atoms with van der Waals surface area (Å²) in [6.07, 6.45) is -9.28. The van der Waals surface area contributed by atoms with Crippen LogP contribution in [0.15, 0.2) is 34.5 Å². The number of ether oxygens (including phenoxy) is 3. The summed E-state index contributed by atoms with van der Waals surface area (Å²) in [4.78, 5) is 63.8. The number of nitrogen functional groups attached to an aromatic ring is 1. The van der Waals surface area contributed by atoms with Gasteiger partial charge in [0, 0.05) is 40.0 Å². The number of H-pyrrole nitrogens is 1. The third kappa shape index (κ3) is 6.70. The molecule has 3 N–H and O–H groups in total. The van der Waals surface area contributed by atoms with E-state index in [-0.39, 0.29) is 43.2 Å². The summed E-state index contributed by atoms with van der Waals surface area (Å²) in [5.74, 6) is -0.530. The topological polar surface area (TPSA) is 260 Å². The number of phosphoric acid groups is 1. The van der Waals surface area contributed by atoms with Crippen LogP contribution in [0.5, 0.6) is 0 Å². The lowest BCUT2D eigenvalue weighted by atomic mass is 10.1. The van der Waals surface area contributed by atoms with Gasteiger partial charge in [-0.25, -0.2) is 24.1 Å². The monoisotopic (exact) mass is 695 g/mol. The molecule has 2 unspecified atom stereocenters. The minimum atomic E-state index is -5.31. The van der Waals surface area contributed by atoms with E-state index in [9.17, 15) is 28.5 Å². The standard InChI is InChI=1S/C20H24FN7O12P2S.2CH3/c1-35-15-14-8(37-19(15)27-3-2-10(29)26-20(27)30)4-36-41(31,32)39-13-9(5-43-42(33,34)40-14)38-18(11(13)21)28-7-25-12-16(22)23-6-24-17(12)28;;/h2-3,6-9,11,13-15,18-19H,4-5H2,1H3,(H,31,32)(H,33,34)(H2,22,23,24)(H,26,29,30);2*1H3/q;2*+1/p-2/t8-,9-,11-,13-,14-,15-,18-,19-;;/m1../s1. The molecule has 6 heterocycles. The second-order valence-electron chi connectivity index (χ2n) is 9.50. The van der Waals surface area contributed by atoms with Crippen LogP contribution in [0.3, 0.4) is 0 Å². The van der Waals surface area contributed by atoms with Crippen LogP contribution in [-0.4, -0.2) is 85.2 Å². The molecule has 246 valence electrons. The molecule has 0 spiro atoms. The first kappa shape index (κ1) is 35.1. The van der Waals surface area contributed by atoms with E-state index in [1.54, 1.807) is 0 Å². The third-order valence-corrected chi connectivity index (χ3v) is 10.8. The van der Waals surface area contributed by atoms with Gasteiger partial charge in [-0.2, -0.15) is 0 Å². The molecule has 3 fully saturated rings. The second-order valence-corrected chi connectivity index (χ2v) is 14.7. The van der Waals surface area contributed by atoms with Crippen molar-refractivity contribution in [1.29, 1.82) is 0 Å². The van der Waals surface area contributed by atoms with Crippen molar-refractivity contribution in [2.75, 3.05) is 25.2 Å². The van der Waals surface area contributed by atoms with Gasteiger partial charge in [-0.15, -0.1) is 0 Å². The van der Waals surface area contributed by atoms with Crippen molar-refractivity contribution < 1.29 is 51.1 Å². The highest BCUT2D eigenvalue weighted by Gasteiger charge is 2.52. The minimum absolute atomic E-state index is 0. The van der Waals surface area contributed by atoms with E-state index in [4.69, 9.17) is 33.5 Å². The summed E-state index contributed by atoms with van der Waals surface area (Å²) in [5.41, 5.74) is 4.39. The minimum Gasteiger partial charge on any atom is -0.770 e. The molecule has 0 aliphatic carbocycles. The number of aromatic amines is 1. The van der Waals surface area contributed by atoms with E-state index in [2.05, 4.69) is 15.0 Å². The highest BCUT2D eigenvalue weighted by Crippen LogP contribution is 2.57. The van der Waals surface area contributed by atoms with Crippen molar-refractivity contribution in [3.8, 4) is 0 Å². The molecule has 6 rings (SSSR count). The number of nitrogens with two attached hydrogens (primary N) is 1. The highest BCUT2D eigenvalue weighted by molar-refractivity contribution is 8.54. The molecule has 3 aromatic rings. The van der Waals surface area contributed by atoms with Crippen LogP contribution in [0, 0.1) is 14.9 Å². The summed E-state index contributed by atoms with van der Waals surface area (Å²) in [6.45, 7) is -5.75. The fraction of sp³-hybridized carbons (Fsp3) is 0.500. The number of hydrogen-bond donors (Lipinski definition) is 2. The number of imidazole rings is 1. The first-order valence-electron chi connectivity index (χ1n) is 12.4. The van der Waals surface area contributed by atoms with E-state index >= 15 is 4.39 Å². The van der Waals surface area contributed by atoms with E-state index in [0.717, 1.165) is 34.1 Å². The first-order chi connectivity index (χ1) is 20.4. The Hall–Kier alpha value is -2.81. The molecule has 3 saturated heterocycles. The van der Waals surface area contributed by atoms with Crippen molar-refractivity contribution in [2.24, 2.45) is 0 Å². The maximum atomic E-state index is 15.8. The molecule has 45 heavy (non-hydrogen) atoms. The molecule has 10 atom stereocenters. The van der Waals surface area contributed by atoms with Crippen molar-refractivity contribution >= 4 is 43.0 Å². The zero-order valence-corrected chi connectivity index (χ0v) is 26.3. The van der Waals surface area contributed by atoms with Crippen LogP contribution in [0.25, 0.3) is 11.2 Å². The number of nitrogens with one attached hydrogen (secondary N) is 1. The van der Waals surface area contributed by atoms with Crippen LogP contribution in [0.4, 0.5) is 10.2 Å². The number of aromatic nitrogens is 6. The predicted octanol–water partition coefficient (Wildman–Crippen LogP) is -0.522. The van der Waals surface area contributed by atoms with Crippen molar-refractivity contribution in [2.45, 2.75) is 49.1 Å². The fourth-order valence-electron chi connectivity index (χ4n) is 4.99. The molecule has 0 aromatic carbocycles. The van der Waals surface area contributed by atoms with Crippen LogP contribution in [0.2, 0.25) is 0 Å². The van der Waals surface area contributed by atoms with Gasteiger partial charge < -0.3 is 43.3 Å². The SMILES string of the molecule is CO[C@@H]1[C@@H]2OP(=O)([O-])SC[C@H]3O[C@@H](n4cnc5c(N)ncnc54)[C@H](F)[C@@H]3OP(=O)([O-])OC[C@H]2O[C@H]1n1ccc(=O)[nH]c1=O.[CH3+].[CH3+]. The van der Waals surface area contributed by atoms with E-state index in [0.29, 0.717) is 0 Å². The summed E-state index contributed by atoms with van der Waals surface area (Å²) >= 11 is 0.217. The van der Waals surface area contributed by atoms with Gasteiger partial charge >= 0.3 is 5.69 Å². The van der Waals surface area contributed by atoms with Crippen LogP contribution >= 0.6 is 26.0 Å². The van der Waals surface area contributed by atoms with Crippen LogP contribution in [0.1, 0.15) is 12.5 Å². The lowest BCUT2D eigenvalue weighted by Crippen LogP contribution is -2.41. The summed E-state index contributed by atoms with van der Waals surface area (Å²) in [6, 6.07) is 1.02. The van der Waals surface area contributed by atoms with E-state index in [1.165, 1.54) is 7.11 Å². The molecule has 0 amide bonds. The molecular weight excluding hydrogens is 667 g/mol. The van der Waals surface area contributed by atoms with Gasteiger partial charge in [0.1, 0.15) is 36.3 Å². The van der Waals surface area contributed by atoms with Gasteiger partial charge in [-0.3, -0.25) is 28.0 Å². The summed E-state index contributed by atoms with van der Waals surface area (Å²) in [7, 11) is -4.13. The smallest absolute Gasteiger partial charge is 0.330 e. The Morgan fingerprint density at radius 3 is 2.53 bits per heavy atom. The largest absolute Gasteiger partial charge is 0.770 e. The van der Waals surface area contributed by atoms with E-state index < -0.39 is 87.4 Å². The Kier molecular flexibility index (Phi) is 10.2. The van der Waals surface area contributed by atoms with Gasteiger partial charge in [0.05, 0.1) is 19.0 Å². The number of phosphoric ester groups is 1. The van der Waals surface area contributed by atoms with Gasteiger partial charge in [-0.05, 0) is 0 Å². The lowest BCUT2D eigenvalue weighted by molar-refractivity contribution is -0.235. The van der Waals surface area contributed by atoms with Gasteiger partial charge in [-0.1, -0.05) is 11.4 Å². The molecule has 3 aliphatic heterocycles. The number of anilines is 1. The average Bonchev–Trinajstić information content (AvgIpc) is 3.60. The van der Waals surface area contributed by atoms with Crippen molar-refractivity contribution in [1.82, 2.24) is 29.1 Å². The third-order valence-electron chi connectivity index (χ3n) is 6.91. The quantitative estimate of drug-likeness (QED) is 0.258. The predicted molar refractivity (Wildman–Crippen MR) is 151 cm³/mol. The molecule has 0 radical (unpaired) electrons. The summed E-state index contributed by atoms with van der Waals surface area (Å²) in [5, 5.41) is 0. The van der Waals surface area contributed by atoms with Gasteiger partial charge in [0.25, 0.3) is 13.4 Å². The zero-order valence-electron chi connectivity index (χ0n) is 23.7. The maximum absolute atomic E-state index is 15.8. The number of fused-ring (bicyclic) bond motifs is 3. The Morgan fingerprint density at radius 1 is 1.09 bits per heavy atom. The normalized spacial score (nSPS) is 37.0. The summed E-state index contributed by atoms with van der Waals surface area (Å²) < 4.78 is 76.2. The molecule has 3 aromatic heterocycles. The number of alkyl halides is 1. The van der Waals surface area contributed by atoms with Crippen molar-refractivity contribution in [3.05, 3.63) is 60.6 Å². The fourth-order valence-corrected chi connectivity index (χ4v) is 8.62. The molecule has 23 heteroatoms. The van der Waals surface area contributed by atoms with Crippen molar-refractivity contribution in [3.63, 3.8) is 0 Å². The Balaban J connectivity index is 0.00000230. The molecule has 0 bridgehead atoms. The van der Waals surface area contributed by atoms with Crippen LogP contribution < -0.4 is 26.8 Å². The second kappa shape index (κ2) is 13.1. The number of rotatable bonds is 3. The van der Waals surface area contributed by atoms with E-state index in [1.807, 2.05) is 4.98 Å². The first-order valence-corrected chi connectivity index (χ1v) is 17.0. The Morgan fingerprint density at radius 2 is 1.82 bits per heavy atom. The maximum Gasteiger partial charge on any atom is 0.330 e. The lowest BCUT2D eigenvalue weighted by Gasteiger charge is -2.34.